The largest absolute Gasteiger partial charge is 0.466 e. The Morgan fingerprint density at radius 2 is 1.50 bits per heavy atom. The molecular formula is C30H33NO7. The number of esters is 2. The summed E-state index contributed by atoms with van der Waals surface area (Å²) in [5.74, 6) is -1.34. The maximum absolute atomic E-state index is 13.5. The average molecular weight is 520 g/mol. The molecule has 2 aromatic carbocycles. The van der Waals surface area contributed by atoms with Crippen molar-refractivity contribution in [3.05, 3.63) is 81.4 Å². The summed E-state index contributed by atoms with van der Waals surface area (Å²) in [6, 6.07) is 12.5. The Labute approximate surface area is 222 Å². The molecule has 8 nitrogen and oxygen atoms in total. The third-order valence-corrected chi connectivity index (χ3v) is 7.30. The van der Waals surface area contributed by atoms with E-state index in [-0.39, 0.29) is 17.3 Å². The Hall–Kier alpha value is -3.65. The van der Waals surface area contributed by atoms with Crippen LogP contribution in [0.2, 0.25) is 0 Å². The molecule has 0 aromatic heterocycles. The highest BCUT2D eigenvalue weighted by Gasteiger charge is 2.57. The Bertz CT molecular complexity index is 1310. The maximum atomic E-state index is 13.5. The van der Waals surface area contributed by atoms with Crippen LogP contribution in [0.5, 0.6) is 0 Å². The van der Waals surface area contributed by atoms with Gasteiger partial charge in [-0.05, 0) is 67.9 Å². The van der Waals surface area contributed by atoms with Crippen LogP contribution in [0.15, 0.2) is 53.6 Å². The minimum atomic E-state index is -0.826. The summed E-state index contributed by atoms with van der Waals surface area (Å²) >= 11 is 0. The number of ether oxygens (including phenoxy) is 4. The number of amides is 1. The van der Waals surface area contributed by atoms with Gasteiger partial charge in [0.1, 0.15) is 5.60 Å². The lowest BCUT2D eigenvalue weighted by Crippen LogP contribution is -2.36. The molecule has 5 rings (SSSR count). The summed E-state index contributed by atoms with van der Waals surface area (Å²) < 4.78 is 22.2. The van der Waals surface area contributed by atoms with Gasteiger partial charge in [0.15, 0.2) is 0 Å². The van der Waals surface area contributed by atoms with Crippen molar-refractivity contribution >= 4 is 18.0 Å². The van der Waals surface area contributed by atoms with Crippen molar-refractivity contribution in [2.24, 2.45) is 0 Å². The lowest BCUT2D eigenvalue weighted by atomic mass is 9.80. The van der Waals surface area contributed by atoms with E-state index in [1.54, 1.807) is 20.8 Å². The van der Waals surface area contributed by atoms with E-state index in [0.29, 0.717) is 6.61 Å². The molecule has 38 heavy (non-hydrogen) atoms. The Kier molecular flexibility index (Phi) is 6.77. The molecule has 1 unspecified atom stereocenters. The predicted octanol–water partition coefficient (Wildman–Crippen LogP) is 5.27. The van der Waals surface area contributed by atoms with Crippen LogP contribution in [-0.2, 0) is 41.6 Å². The number of hydrogen-bond donors (Lipinski definition) is 0. The minimum absolute atomic E-state index is 0.111. The second kappa shape index (κ2) is 9.91. The van der Waals surface area contributed by atoms with E-state index in [2.05, 4.69) is 6.07 Å². The molecule has 1 amide bonds. The van der Waals surface area contributed by atoms with Gasteiger partial charge < -0.3 is 18.9 Å². The fourth-order valence-electron chi connectivity index (χ4n) is 5.79. The fraction of sp³-hybridized carbons (Fsp3) is 0.433. The smallest absolute Gasteiger partial charge is 0.411 e. The molecule has 3 aliphatic rings. The van der Waals surface area contributed by atoms with Crippen molar-refractivity contribution in [1.29, 1.82) is 0 Å². The molecule has 0 fully saturated rings. The molecular weight excluding hydrogens is 486 g/mol. The number of rotatable bonds is 5. The highest BCUT2D eigenvalue weighted by molar-refractivity contribution is 6.06. The predicted molar refractivity (Wildman–Crippen MR) is 138 cm³/mol. The molecule has 0 spiro atoms. The number of carbonyl (C=O) groups is 3. The Morgan fingerprint density at radius 1 is 0.895 bits per heavy atom. The minimum Gasteiger partial charge on any atom is -0.466 e. The van der Waals surface area contributed by atoms with Gasteiger partial charge in [-0.3, -0.25) is 4.90 Å². The van der Waals surface area contributed by atoms with Crippen LogP contribution in [0.3, 0.4) is 0 Å². The fourth-order valence-corrected chi connectivity index (χ4v) is 5.79. The van der Waals surface area contributed by atoms with Crippen molar-refractivity contribution in [1.82, 2.24) is 4.90 Å². The van der Waals surface area contributed by atoms with E-state index in [1.165, 1.54) is 19.1 Å². The summed E-state index contributed by atoms with van der Waals surface area (Å²) in [4.78, 5) is 41.0. The van der Waals surface area contributed by atoms with Gasteiger partial charge in [0, 0.05) is 0 Å². The van der Waals surface area contributed by atoms with Gasteiger partial charge in [-0.2, -0.15) is 0 Å². The molecule has 0 N–H and O–H groups in total. The molecule has 0 radical (unpaired) electrons. The molecule has 3 atom stereocenters. The van der Waals surface area contributed by atoms with E-state index in [9.17, 15) is 14.4 Å². The third-order valence-electron chi connectivity index (χ3n) is 7.30. The van der Waals surface area contributed by atoms with Crippen LogP contribution in [0.25, 0.3) is 0 Å². The van der Waals surface area contributed by atoms with E-state index in [0.717, 1.165) is 47.1 Å². The number of benzene rings is 2. The third kappa shape index (κ3) is 4.47. The number of fused-ring (bicyclic) bond motifs is 6. The maximum Gasteiger partial charge on any atom is 0.411 e. The number of carbonyl (C=O) groups excluding carboxylic acids is 3. The topological polar surface area (TPSA) is 91.4 Å². The molecule has 2 aromatic rings. The summed E-state index contributed by atoms with van der Waals surface area (Å²) in [6.45, 7) is 5.82. The van der Waals surface area contributed by atoms with Gasteiger partial charge in [0.25, 0.3) is 0 Å². The van der Waals surface area contributed by atoms with Gasteiger partial charge >= 0.3 is 18.0 Å². The summed E-state index contributed by atoms with van der Waals surface area (Å²) in [7, 11) is 2.52. The van der Waals surface area contributed by atoms with E-state index < -0.39 is 35.7 Å². The standard InChI is InChI=1S/C30H33NO7/c1-30(2,3)38-29(34)31-25-20-14-18-12-9-13-22(37-16-17-10-7-6-8-11-17)19(18)15-21(20)26(31)24(28(33)36-5)23(25)27(32)35-4/h6-8,10-11,14-15,22,25-26H,9,12-13,16H2,1-5H3/t22?,25-,26+/m0/s1. The summed E-state index contributed by atoms with van der Waals surface area (Å²) in [5, 5.41) is 0. The van der Waals surface area contributed by atoms with Crippen LogP contribution < -0.4 is 0 Å². The number of aryl methyl sites for hydroxylation is 1. The van der Waals surface area contributed by atoms with E-state index in [1.807, 2.05) is 36.4 Å². The highest BCUT2D eigenvalue weighted by Crippen LogP contribution is 2.58. The molecule has 0 saturated heterocycles. The van der Waals surface area contributed by atoms with Crippen LogP contribution in [0, 0.1) is 0 Å². The van der Waals surface area contributed by atoms with E-state index in [4.69, 9.17) is 18.9 Å². The monoisotopic (exact) mass is 519 g/mol. The highest BCUT2D eigenvalue weighted by atomic mass is 16.6. The summed E-state index contributed by atoms with van der Waals surface area (Å²) in [6.07, 6.45) is 1.96. The Morgan fingerprint density at radius 3 is 2.08 bits per heavy atom. The van der Waals surface area contributed by atoms with Crippen molar-refractivity contribution < 1.29 is 33.3 Å². The second-order valence-corrected chi connectivity index (χ2v) is 10.9. The zero-order valence-corrected chi connectivity index (χ0v) is 22.4. The number of methoxy groups -OCH3 is 2. The van der Waals surface area contributed by atoms with E-state index >= 15 is 0 Å². The first kappa shape index (κ1) is 26.0. The van der Waals surface area contributed by atoms with Crippen molar-refractivity contribution in [3.8, 4) is 0 Å². The molecule has 8 heteroatoms. The molecule has 2 bridgehead atoms. The van der Waals surface area contributed by atoms with Crippen molar-refractivity contribution in [2.75, 3.05) is 14.2 Å². The van der Waals surface area contributed by atoms with Crippen molar-refractivity contribution in [2.45, 2.75) is 70.4 Å². The van der Waals surface area contributed by atoms with Crippen LogP contribution in [0.1, 0.15) is 79.6 Å². The number of hydrogen-bond acceptors (Lipinski definition) is 7. The average Bonchev–Trinajstić information content (AvgIpc) is 3.41. The van der Waals surface area contributed by atoms with Gasteiger partial charge in [-0.1, -0.05) is 42.5 Å². The number of nitrogens with zero attached hydrogens (tertiary/aromatic N) is 1. The first-order valence-corrected chi connectivity index (χ1v) is 12.9. The zero-order valence-electron chi connectivity index (χ0n) is 22.4. The molecule has 1 aliphatic carbocycles. The van der Waals surface area contributed by atoms with Gasteiger partial charge in [0.05, 0.1) is 50.2 Å². The van der Waals surface area contributed by atoms with Crippen LogP contribution in [0.4, 0.5) is 4.79 Å². The van der Waals surface area contributed by atoms with Crippen LogP contribution >= 0.6 is 0 Å². The molecule has 200 valence electrons. The van der Waals surface area contributed by atoms with Crippen LogP contribution in [-0.4, -0.2) is 42.8 Å². The SMILES string of the molecule is COC(=O)C1=C(C(=O)OC)[C@H]2c3cc4c(cc3[C@@H]1N2C(=O)OC(C)(C)C)CCCC4OCc1ccccc1. The second-order valence-electron chi connectivity index (χ2n) is 10.9. The lowest BCUT2D eigenvalue weighted by Gasteiger charge is -2.28. The van der Waals surface area contributed by atoms with Crippen molar-refractivity contribution in [3.63, 3.8) is 0 Å². The first-order chi connectivity index (χ1) is 18.1. The van der Waals surface area contributed by atoms with Gasteiger partial charge in [-0.25, -0.2) is 14.4 Å². The molecule has 2 aliphatic heterocycles. The zero-order chi connectivity index (χ0) is 27.2. The Balaban J connectivity index is 1.58. The first-order valence-electron chi connectivity index (χ1n) is 12.9. The lowest BCUT2D eigenvalue weighted by molar-refractivity contribution is -0.139. The normalized spacial score (nSPS) is 21.6. The van der Waals surface area contributed by atoms with Gasteiger partial charge in [0.2, 0.25) is 0 Å². The summed E-state index contributed by atoms with van der Waals surface area (Å²) in [5.41, 5.74) is 4.31. The molecule has 2 heterocycles. The molecule has 0 saturated carbocycles. The quantitative estimate of drug-likeness (QED) is 0.393. The van der Waals surface area contributed by atoms with Gasteiger partial charge in [-0.15, -0.1) is 0 Å².